The van der Waals surface area contributed by atoms with Gasteiger partial charge in [0.1, 0.15) is 0 Å². The van der Waals surface area contributed by atoms with E-state index in [9.17, 15) is 9.59 Å². The number of fused-ring (bicyclic) bond motifs is 1. The van der Waals surface area contributed by atoms with Crippen LogP contribution in [0.2, 0.25) is 0 Å². The monoisotopic (exact) mass is 380 g/mol. The molecule has 148 valence electrons. The Morgan fingerprint density at radius 2 is 1.93 bits per heavy atom. The Bertz CT molecular complexity index is 884. The van der Waals surface area contributed by atoms with Crippen molar-refractivity contribution in [1.82, 2.24) is 20.1 Å². The molecule has 2 saturated heterocycles. The van der Waals surface area contributed by atoms with Crippen LogP contribution >= 0.6 is 0 Å². The van der Waals surface area contributed by atoms with Crippen molar-refractivity contribution in [3.63, 3.8) is 0 Å². The quantitative estimate of drug-likeness (QED) is 0.888. The zero-order valence-corrected chi connectivity index (χ0v) is 16.6. The number of rotatable bonds is 3. The minimum atomic E-state index is 0.0255. The highest BCUT2D eigenvalue weighted by Gasteiger charge is 2.47. The molecule has 2 amide bonds. The largest absolute Gasteiger partial charge is 0.352 e. The van der Waals surface area contributed by atoms with Gasteiger partial charge >= 0.3 is 0 Å². The van der Waals surface area contributed by atoms with E-state index < -0.39 is 0 Å². The molecule has 1 aromatic carbocycles. The number of benzene rings is 1. The molecular weight excluding hydrogens is 352 g/mol. The van der Waals surface area contributed by atoms with Crippen LogP contribution in [-0.2, 0) is 16.1 Å². The summed E-state index contributed by atoms with van der Waals surface area (Å²) >= 11 is 0. The Morgan fingerprint density at radius 3 is 2.64 bits per heavy atom. The van der Waals surface area contributed by atoms with Gasteiger partial charge in [0.2, 0.25) is 11.8 Å². The first kappa shape index (κ1) is 18.9. The smallest absolute Gasteiger partial charge is 0.219 e. The number of aromatic nitrogens is 1. The first-order chi connectivity index (χ1) is 13.5. The van der Waals surface area contributed by atoms with Crippen molar-refractivity contribution in [2.45, 2.75) is 51.2 Å². The zero-order chi connectivity index (χ0) is 19.7. The number of carbonyl (C=O) groups excluding carboxylic acids is 2. The topological polar surface area (TPSA) is 65.5 Å². The molecule has 2 aromatic rings. The fraction of sp³-hybridized carbons (Fsp3) is 0.500. The van der Waals surface area contributed by atoms with Crippen LogP contribution in [0, 0.1) is 0 Å². The lowest BCUT2D eigenvalue weighted by molar-refractivity contribution is -0.131. The number of carbonyl (C=O) groups is 2. The van der Waals surface area contributed by atoms with E-state index in [2.05, 4.69) is 33.4 Å². The number of amides is 2. The Morgan fingerprint density at radius 1 is 1.18 bits per heavy atom. The zero-order valence-electron chi connectivity index (χ0n) is 16.6. The van der Waals surface area contributed by atoms with E-state index in [0.717, 1.165) is 51.0 Å². The maximum Gasteiger partial charge on any atom is 0.219 e. The third-order valence-corrected chi connectivity index (χ3v) is 6.39. The molecule has 1 unspecified atom stereocenters. The summed E-state index contributed by atoms with van der Waals surface area (Å²) in [7, 11) is 0. The number of piperidine rings is 1. The number of hydrogen-bond acceptors (Lipinski definition) is 4. The predicted molar refractivity (Wildman–Crippen MR) is 109 cm³/mol. The molecule has 1 N–H and O–H groups in total. The maximum absolute atomic E-state index is 11.8. The Labute approximate surface area is 165 Å². The van der Waals surface area contributed by atoms with E-state index in [1.807, 2.05) is 23.2 Å². The van der Waals surface area contributed by atoms with Crippen LogP contribution in [0.3, 0.4) is 0 Å². The summed E-state index contributed by atoms with van der Waals surface area (Å²) in [6.07, 6.45) is 4.72. The molecule has 0 radical (unpaired) electrons. The Kier molecular flexibility index (Phi) is 5.06. The molecule has 6 heteroatoms. The van der Waals surface area contributed by atoms with Gasteiger partial charge in [0.05, 0.1) is 5.52 Å². The highest BCUT2D eigenvalue weighted by Crippen LogP contribution is 2.40. The summed E-state index contributed by atoms with van der Waals surface area (Å²) < 4.78 is 0. The van der Waals surface area contributed by atoms with E-state index in [0.29, 0.717) is 0 Å². The van der Waals surface area contributed by atoms with Crippen LogP contribution in [0.25, 0.3) is 10.9 Å². The molecule has 0 saturated carbocycles. The van der Waals surface area contributed by atoms with Gasteiger partial charge < -0.3 is 10.2 Å². The highest BCUT2D eigenvalue weighted by atomic mass is 16.2. The average Bonchev–Trinajstić information content (AvgIpc) is 2.98. The first-order valence-corrected chi connectivity index (χ1v) is 10.1. The van der Waals surface area contributed by atoms with Gasteiger partial charge in [-0.05, 0) is 37.0 Å². The molecule has 2 aliphatic heterocycles. The van der Waals surface area contributed by atoms with Crippen LogP contribution < -0.4 is 5.32 Å². The molecule has 6 nitrogen and oxygen atoms in total. The van der Waals surface area contributed by atoms with Gasteiger partial charge in [-0.15, -0.1) is 0 Å². The number of pyridine rings is 1. The minimum Gasteiger partial charge on any atom is -0.352 e. The molecule has 2 fully saturated rings. The van der Waals surface area contributed by atoms with Crippen molar-refractivity contribution in [3.8, 4) is 0 Å². The van der Waals surface area contributed by atoms with Crippen molar-refractivity contribution in [1.29, 1.82) is 0 Å². The van der Waals surface area contributed by atoms with Gasteiger partial charge in [0, 0.05) is 63.2 Å². The van der Waals surface area contributed by atoms with E-state index in [1.54, 1.807) is 13.8 Å². The summed E-state index contributed by atoms with van der Waals surface area (Å²) in [5, 5.41) is 4.31. The van der Waals surface area contributed by atoms with E-state index in [-0.39, 0.29) is 23.4 Å². The average molecular weight is 380 g/mol. The third-order valence-electron chi connectivity index (χ3n) is 6.39. The third kappa shape index (κ3) is 3.61. The molecule has 1 aromatic heterocycles. The predicted octanol–water partition coefficient (Wildman–Crippen LogP) is 2.33. The van der Waals surface area contributed by atoms with Crippen molar-refractivity contribution >= 4 is 22.7 Å². The van der Waals surface area contributed by atoms with Crippen LogP contribution in [0.4, 0.5) is 0 Å². The molecule has 3 heterocycles. The molecule has 1 spiro atoms. The van der Waals surface area contributed by atoms with Crippen molar-refractivity contribution in [3.05, 3.63) is 42.1 Å². The van der Waals surface area contributed by atoms with Crippen LogP contribution in [0.15, 0.2) is 36.5 Å². The number of hydrogen-bond donors (Lipinski definition) is 1. The molecule has 4 rings (SSSR count). The Balaban J connectivity index is 1.60. The number of para-hydroxylation sites is 1. The van der Waals surface area contributed by atoms with Gasteiger partial charge in [-0.25, -0.2) is 0 Å². The summed E-state index contributed by atoms with van der Waals surface area (Å²) in [4.78, 5) is 32.4. The fourth-order valence-corrected chi connectivity index (χ4v) is 4.99. The lowest BCUT2D eigenvalue weighted by atomic mass is 9.83. The van der Waals surface area contributed by atoms with Crippen LogP contribution in [0.5, 0.6) is 0 Å². The molecule has 1 atom stereocenters. The lowest BCUT2D eigenvalue weighted by Crippen LogP contribution is -2.52. The number of likely N-dealkylation sites (tertiary alicyclic amines) is 2. The second-order valence-electron chi connectivity index (χ2n) is 8.20. The molecule has 2 aliphatic rings. The standard InChI is InChI=1S/C22H28N4O2/c1-16(27)24-19-13-22(8-11-25(12-9-22)17(2)28)26(15-19)14-18-7-10-23-21-6-4-3-5-20(18)21/h3-7,10,19H,8-9,11-15H2,1-2H3,(H,24,27). The first-order valence-electron chi connectivity index (χ1n) is 10.1. The SMILES string of the molecule is CC(=O)NC1CN(Cc2ccnc3ccccc23)C2(CCN(C(C)=O)CC2)C1. The molecule has 0 bridgehead atoms. The minimum absolute atomic E-state index is 0.0255. The van der Waals surface area contributed by atoms with Gasteiger partial charge in [0.15, 0.2) is 0 Å². The van der Waals surface area contributed by atoms with Crippen LogP contribution in [-0.4, -0.2) is 57.8 Å². The summed E-state index contributed by atoms with van der Waals surface area (Å²) in [6, 6.07) is 10.5. The highest BCUT2D eigenvalue weighted by molar-refractivity contribution is 5.81. The van der Waals surface area contributed by atoms with E-state index in [4.69, 9.17) is 0 Å². The lowest BCUT2D eigenvalue weighted by Gasteiger charge is -2.45. The van der Waals surface area contributed by atoms with Gasteiger partial charge in [-0.2, -0.15) is 0 Å². The second-order valence-corrected chi connectivity index (χ2v) is 8.20. The van der Waals surface area contributed by atoms with Crippen molar-refractivity contribution in [2.75, 3.05) is 19.6 Å². The number of nitrogens with one attached hydrogen (secondary N) is 1. The summed E-state index contributed by atoms with van der Waals surface area (Å²) in [6.45, 7) is 6.48. The normalized spacial score (nSPS) is 21.9. The maximum atomic E-state index is 11.8. The van der Waals surface area contributed by atoms with E-state index in [1.165, 1.54) is 10.9 Å². The van der Waals surface area contributed by atoms with Crippen LogP contribution in [0.1, 0.15) is 38.7 Å². The van der Waals surface area contributed by atoms with Crippen molar-refractivity contribution in [2.24, 2.45) is 0 Å². The van der Waals surface area contributed by atoms with Gasteiger partial charge in [0.25, 0.3) is 0 Å². The molecule has 28 heavy (non-hydrogen) atoms. The summed E-state index contributed by atoms with van der Waals surface area (Å²) in [5.41, 5.74) is 2.31. The van der Waals surface area contributed by atoms with Gasteiger partial charge in [-0.3, -0.25) is 19.5 Å². The second kappa shape index (κ2) is 7.51. The van der Waals surface area contributed by atoms with Crippen molar-refractivity contribution < 1.29 is 9.59 Å². The Hall–Kier alpha value is -2.47. The van der Waals surface area contributed by atoms with E-state index >= 15 is 0 Å². The van der Waals surface area contributed by atoms with Gasteiger partial charge in [-0.1, -0.05) is 18.2 Å². The summed E-state index contributed by atoms with van der Waals surface area (Å²) in [5.74, 6) is 0.176. The molecule has 0 aliphatic carbocycles. The number of nitrogens with zero attached hydrogens (tertiary/aromatic N) is 3. The fourth-order valence-electron chi connectivity index (χ4n) is 4.99. The molecular formula is C22H28N4O2.